The average molecular weight is 414 g/mol. The fraction of sp³-hybridized carbons (Fsp3) is 0.182. The highest BCUT2D eigenvalue weighted by Crippen LogP contribution is 2.25. The first-order valence-electron chi connectivity index (χ1n) is 8.87. The van der Waals surface area contributed by atoms with Gasteiger partial charge in [0.15, 0.2) is 0 Å². The van der Waals surface area contributed by atoms with E-state index in [4.69, 9.17) is 23.2 Å². The maximum atomic E-state index is 12.1. The molecule has 1 aromatic heterocycles. The summed E-state index contributed by atoms with van der Waals surface area (Å²) in [6, 6.07) is 15.0. The Bertz CT molecular complexity index is 1040. The molecule has 28 heavy (non-hydrogen) atoms. The normalized spacial score (nSPS) is 11.2. The second-order valence-electron chi connectivity index (χ2n) is 6.69. The van der Waals surface area contributed by atoms with Crippen molar-refractivity contribution in [2.45, 2.75) is 27.2 Å². The smallest absolute Gasteiger partial charge is 0.244 e. The molecule has 1 amide bonds. The maximum Gasteiger partial charge on any atom is 0.244 e. The summed E-state index contributed by atoms with van der Waals surface area (Å²) in [5.74, 6) is -0.182. The van der Waals surface area contributed by atoms with E-state index in [1.54, 1.807) is 18.3 Å². The van der Waals surface area contributed by atoms with Crippen molar-refractivity contribution in [2.75, 3.05) is 0 Å². The number of carbonyl (C=O) groups excluding carboxylic acids is 1. The second kappa shape index (κ2) is 8.63. The first kappa shape index (κ1) is 20.2. The molecule has 0 saturated heterocycles. The van der Waals surface area contributed by atoms with Crippen LogP contribution >= 0.6 is 23.2 Å². The van der Waals surface area contributed by atoms with Crippen LogP contribution in [0.4, 0.5) is 0 Å². The molecule has 4 nitrogen and oxygen atoms in total. The van der Waals surface area contributed by atoms with Gasteiger partial charge in [-0.05, 0) is 62.2 Å². The number of aromatic nitrogens is 1. The quantitative estimate of drug-likeness (QED) is 0.441. The Morgan fingerprint density at radius 3 is 2.43 bits per heavy atom. The maximum absolute atomic E-state index is 12.1. The third-order valence-corrected chi connectivity index (χ3v) is 5.04. The predicted octanol–water partition coefficient (Wildman–Crippen LogP) is 5.40. The van der Waals surface area contributed by atoms with Crippen molar-refractivity contribution in [1.82, 2.24) is 9.99 Å². The molecule has 2 aromatic carbocycles. The van der Waals surface area contributed by atoms with E-state index in [0.29, 0.717) is 10.0 Å². The molecule has 0 spiro atoms. The monoisotopic (exact) mass is 413 g/mol. The Hall–Kier alpha value is -2.56. The van der Waals surface area contributed by atoms with Crippen molar-refractivity contribution in [3.05, 3.63) is 86.7 Å². The Labute approximate surface area is 174 Å². The van der Waals surface area contributed by atoms with Crippen LogP contribution in [-0.2, 0) is 11.2 Å². The molecule has 3 aromatic rings. The van der Waals surface area contributed by atoms with Crippen molar-refractivity contribution in [3.8, 4) is 5.69 Å². The van der Waals surface area contributed by atoms with E-state index < -0.39 is 0 Å². The molecule has 1 N–H and O–H groups in total. The van der Waals surface area contributed by atoms with Crippen molar-refractivity contribution < 1.29 is 4.79 Å². The lowest BCUT2D eigenvalue weighted by molar-refractivity contribution is -0.120. The van der Waals surface area contributed by atoms with Crippen LogP contribution in [-0.4, -0.2) is 16.7 Å². The minimum absolute atomic E-state index is 0.182. The minimum Gasteiger partial charge on any atom is -0.318 e. The summed E-state index contributed by atoms with van der Waals surface area (Å²) in [6.07, 6.45) is 1.91. The highest BCUT2D eigenvalue weighted by molar-refractivity contribution is 6.31. The van der Waals surface area contributed by atoms with Crippen LogP contribution in [0, 0.1) is 20.8 Å². The lowest BCUT2D eigenvalue weighted by atomic mass is 10.1. The number of aryl methyl sites for hydroxylation is 2. The van der Waals surface area contributed by atoms with E-state index in [-0.39, 0.29) is 12.3 Å². The number of hydrogen-bond donors (Lipinski definition) is 1. The molecule has 3 rings (SSSR count). The number of nitrogens with zero attached hydrogens (tertiary/aromatic N) is 2. The van der Waals surface area contributed by atoms with Gasteiger partial charge in [0.05, 0.1) is 12.6 Å². The predicted molar refractivity (Wildman–Crippen MR) is 116 cm³/mol. The van der Waals surface area contributed by atoms with Crippen LogP contribution in [0.3, 0.4) is 0 Å². The van der Waals surface area contributed by atoms with Crippen LogP contribution in [0.5, 0.6) is 0 Å². The molecule has 6 heteroatoms. The summed E-state index contributed by atoms with van der Waals surface area (Å²) in [7, 11) is 0. The first-order valence-corrected chi connectivity index (χ1v) is 9.62. The Morgan fingerprint density at radius 1 is 1.04 bits per heavy atom. The average Bonchev–Trinajstić information content (AvgIpc) is 2.93. The molecule has 0 fully saturated rings. The van der Waals surface area contributed by atoms with E-state index in [1.807, 2.05) is 50.2 Å². The van der Waals surface area contributed by atoms with Gasteiger partial charge in [-0.25, -0.2) is 5.43 Å². The highest BCUT2D eigenvalue weighted by Gasteiger charge is 2.12. The lowest BCUT2D eigenvalue weighted by Crippen LogP contribution is -2.19. The zero-order chi connectivity index (χ0) is 20.3. The van der Waals surface area contributed by atoms with Gasteiger partial charge in [-0.2, -0.15) is 5.10 Å². The van der Waals surface area contributed by atoms with Gasteiger partial charge in [0.1, 0.15) is 0 Å². The molecule has 144 valence electrons. The number of halogens is 2. The van der Waals surface area contributed by atoms with Gasteiger partial charge >= 0.3 is 0 Å². The number of rotatable bonds is 5. The molecule has 0 saturated carbocycles. The van der Waals surface area contributed by atoms with E-state index in [2.05, 4.69) is 22.0 Å². The van der Waals surface area contributed by atoms with Crippen LogP contribution in [0.1, 0.15) is 28.1 Å². The Balaban J connectivity index is 1.73. The number of nitrogens with one attached hydrogen (secondary N) is 1. The fourth-order valence-electron chi connectivity index (χ4n) is 3.11. The van der Waals surface area contributed by atoms with Gasteiger partial charge in [0.2, 0.25) is 5.91 Å². The van der Waals surface area contributed by atoms with Crippen LogP contribution in [0.25, 0.3) is 5.69 Å². The van der Waals surface area contributed by atoms with Crippen molar-refractivity contribution >= 4 is 35.3 Å². The largest absolute Gasteiger partial charge is 0.318 e. The van der Waals surface area contributed by atoms with E-state index in [0.717, 1.165) is 33.8 Å². The van der Waals surface area contributed by atoms with Gasteiger partial charge in [0.25, 0.3) is 0 Å². The van der Waals surface area contributed by atoms with Gasteiger partial charge in [-0.1, -0.05) is 41.4 Å². The van der Waals surface area contributed by atoms with Crippen molar-refractivity contribution in [1.29, 1.82) is 0 Å². The first-order chi connectivity index (χ1) is 13.3. The number of carbonyl (C=O) groups is 1. The summed E-state index contributed by atoms with van der Waals surface area (Å²) < 4.78 is 2.14. The fourth-order valence-corrected chi connectivity index (χ4v) is 3.41. The SMILES string of the molecule is Cc1ccc(Cl)cc1-n1c(C)cc(/C=N\NC(=O)Cc2ccc(Cl)cc2)c1C. The zero-order valence-electron chi connectivity index (χ0n) is 16.0. The zero-order valence-corrected chi connectivity index (χ0v) is 17.5. The topological polar surface area (TPSA) is 46.4 Å². The molecule has 1 heterocycles. The summed E-state index contributed by atoms with van der Waals surface area (Å²) in [4.78, 5) is 12.1. The molecule has 0 atom stereocenters. The molecule has 0 aliphatic carbocycles. The molecule has 0 aliphatic rings. The summed E-state index contributed by atoms with van der Waals surface area (Å²) in [5.41, 5.74) is 8.65. The number of hydrogen-bond acceptors (Lipinski definition) is 2. The summed E-state index contributed by atoms with van der Waals surface area (Å²) >= 11 is 12.0. The molecule has 0 radical (unpaired) electrons. The van der Waals surface area contributed by atoms with Crippen molar-refractivity contribution in [2.24, 2.45) is 5.10 Å². The third-order valence-electron chi connectivity index (χ3n) is 4.55. The summed E-state index contributed by atoms with van der Waals surface area (Å²) in [5, 5.41) is 5.45. The van der Waals surface area contributed by atoms with Crippen LogP contribution in [0.2, 0.25) is 10.0 Å². The molecule has 0 bridgehead atoms. The van der Waals surface area contributed by atoms with Crippen LogP contribution < -0.4 is 5.43 Å². The second-order valence-corrected chi connectivity index (χ2v) is 7.56. The lowest BCUT2D eigenvalue weighted by Gasteiger charge is -2.13. The van der Waals surface area contributed by atoms with E-state index in [1.165, 1.54) is 0 Å². The molecular weight excluding hydrogens is 393 g/mol. The van der Waals surface area contributed by atoms with Crippen molar-refractivity contribution in [3.63, 3.8) is 0 Å². The molecule has 0 unspecified atom stereocenters. The van der Waals surface area contributed by atoms with Gasteiger partial charge in [-0.3, -0.25) is 4.79 Å². The summed E-state index contributed by atoms with van der Waals surface area (Å²) in [6.45, 7) is 6.10. The minimum atomic E-state index is -0.182. The number of benzene rings is 2. The molecular formula is C22H21Cl2N3O. The van der Waals surface area contributed by atoms with Gasteiger partial charge in [0, 0.05) is 32.7 Å². The number of amides is 1. The van der Waals surface area contributed by atoms with Gasteiger partial charge < -0.3 is 4.57 Å². The molecule has 0 aliphatic heterocycles. The standard InChI is InChI=1S/C22H21Cl2N3O/c1-14-4-7-20(24)12-21(14)27-15(2)10-18(16(27)3)13-25-26-22(28)11-17-5-8-19(23)9-6-17/h4-10,12-13H,11H2,1-3H3,(H,26,28)/b25-13-. The number of hydrazone groups is 1. The van der Waals surface area contributed by atoms with E-state index in [9.17, 15) is 4.79 Å². The van der Waals surface area contributed by atoms with Gasteiger partial charge in [-0.15, -0.1) is 0 Å². The van der Waals surface area contributed by atoms with Crippen LogP contribution in [0.15, 0.2) is 53.6 Å². The third kappa shape index (κ3) is 4.64. The highest BCUT2D eigenvalue weighted by atomic mass is 35.5. The van der Waals surface area contributed by atoms with E-state index >= 15 is 0 Å². The Kier molecular flexibility index (Phi) is 6.22. The Morgan fingerprint density at radius 2 is 1.71 bits per heavy atom.